The van der Waals surface area contributed by atoms with Gasteiger partial charge < -0.3 is 9.64 Å². The van der Waals surface area contributed by atoms with E-state index in [-0.39, 0.29) is 12.0 Å². The number of esters is 1. The summed E-state index contributed by atoms with van der Waals surface area (Å²) in [5.74, 6) is 0.825. The number of nitrogens with zero attached hydrogens (tertiary/aromatic N) is 2. The third-order valence-corrected chi connectivity index (χ3v) is 4.95. The average molecular weight is 316 g/mol. The Balaban J connectivity index is 2.08. The van der Waals surface area contributed by atoms with Crippen LogP contribution in [0.25, 0.3) is 0 Å². The average Bonchev–Trinajstić information content (AvgIpc) is 2.54. The number of rotatable bonds is 3. The molecule has 0 radical (unpaired) electrons. The van der Waals surface area contributed by atoms with Crippen LogP contribution in [0.5, 0.6) is 0 Å². The summed E-state index contributed by atoms with van der Waals surface area (Å²) in [5, 5.41) is 1.02. The second-order valence-corrected chi connectivity index (χ2v) is 6.38. The standard InChI is InChI=1S/C17H20N2O2S/c1-3-21-16(20)14-12(2)18-17-19(10-7-11-22-17)15(14)13-8-5-4-6-9-13/h4-6,8-9,15H,3,7,10-11H2,1-2H3. The van der Waals surface area contributed by atoms with Crippen LogP contribution < -0.4 is 0 Å². The van der Waals surface area contributed by atoms with Gasteiger partial charge in [-0.1, -0.05) is 42.1 Å². The molecule has 0 amide bonds. The van der Waals surface area contributed by atoms with Crippen molar-refractivity contribution in [3.05, 3.63) is 47.2 Å². The van der Waals surface area contributed by atoms with Crippen molar-refractivity contribution in [2.45, 2.75) is 26.3 Å². The van der Waals surface area contributed by atoms with Gasteiger partial charge in [0.05, 0.1) is 23.9 Å². The van der Waals surface area contributed by atoms with Crippen molar-refractivity contribution >= 4 is 22.9 Å². The lowest BCUT2D eigenvalue weighted by Crippen LogP contribution is -2.42. The number of hydrogen-bond acceptors (Lipinski definition) is 5. The first kappa shape index (κ1) is 15.2. The number of fused-ring (bicyclic) bond motifs is 1. The predicted octanol–water partition coefficient (Wildman–Crippen LogP) is 3.37. The van der Waals surface area contributed by atoms with Gasteiger partial charge in [0.1, 0.15) is 0 Å². The number of carbonyl (C=O) groups is 1. The molecule has 0 aromatic heterocycles. The van der Waals surface area contributed by atoms with Gasteiger partial charge in [-0.3, -0.25) is 0 Å². The largest absolute Gasteiger partial charge is 0.463 e. The second-order valence-electron chi connectivity index (χ2n) is 5.32. The molecule has 0 saturated carbocycles. The fourth-order valence-corrected chi connectivity index (χ4v) is 3.94. The Labute approximate surface area is 135 Å². The fourth-order valence-electron chi connectivity index (χ4n) is 2.92. The van der Waals surface area contributed by atoms with Gasteiger partial charge in [-0.25, -0.2) is 9.79 Å². The number of hydrogen-bond donors (Lipinski definition) is 0. The molecule has 0 aliphatic carbocycles. The molecule has 3 rings (SSSR count). The monoisotopic (exact) mass is 316 g/mol. The fraction of sp³-hybridized carbons (Fsp3) is 0.412. The molecular formula is C17H20N2O2S. The predicted molar refractivity (Wildman–Crippen MR) is 89.7 cm³/mol. The number of amidine groups is 1. The summed E-state index contributed by atoms with van der Waals surface area (Å²) in [4.78, 5) is 19.4. The van der Waals surface area contributed by atoms with Crippen LogP contribution in [-0.2, 0) is 9.53 Å². The molecule has 0 spiro atoms. The minimum Gasteiger partial charge on any atom is -0.463 e. The molecule has 1 fully saturated rings. The molecule has 0 N–H and O–H groups in total. The summed E-state index contributed by atoms with van der Waals surface area (Å²) in [6.45, 7) is 5.03. The zero-order valence-electron chi connectivity index (χ0n) is 12.9. The maximum absolute atomic E-state index is 12.5. The molecule has 1 unspecified atom stereocenters. The maximum atomic E-state index is 12.5. The third-order valence-electron chi connectivity index (χ3n) is 3.87. The highest BCUT2D eigenvalue weighted by Crippen LogP contribution is 2.39. The van der Waals surface area contributed by atoms with Crippen LogP contribution in [0, 0.1) is 0 Å². The van der Waals surface area contributed by atoms with E-state index in [1.807, 2.05) is 32.0 Å². The van der Waals surface area contributed by atoms with Crippen LogP contribution in [0.15, 0.2) is 46.6 Å². The Hall–Kier alpha value is -1.75. The van der Waals surface area contributed by atoms with Gasteiger partial charge in [-0.15, -0.1) is 0 Å². The van der Waals surface area contributed by atoms with E-state index >= 15 is 0 Å². The topological polar surface area (TPSA) is 41.9 Å². The number of aliphatic imine (C=N–C) groups is 1. The quantitative estimate of drug-likeness (QED) is 0.802. The maximum Gasteiger partial charge on any atom is 0.338 e. The van der Waals surface area contributed by atoms with E-state index in [1.54, 1.807) is 11.8 Å². The van der Waals surface area contributed by atoms with E-state index in [0.29, 0.717) is 12.2 Å². The lowest BCUT2D eigenvalue weighted by molar-refractivity contribution is -0.139. The Morgan fingerprint density at radius 3 is 2.91 bits per heavy atom. The van der Waals surface area contributed by atoms with Crippen LogP contribution in [0.2, 0.25) is 0 Å². The minimum absolute atomic E-state index is 0.0967. The molecule has 5 heteroatoms. The smallest absolute Gasteiger partial charge is 0.338 e. The lowest BCUT2D eigenvalue weighted by Gasteiger charge is -2.40. The first-order chi connectivity index (χ1) is 10.7. The summed E-state index contributed by atoms with van der Waals surface area (Å²) in [5.41, 5.74) is 2.55. The summed E-state index contributed by atoms with van der Waals surface area (Å²) >= 11 is 1.77. The Morgan fingerprint density at radius 1 is 1.41 bits per heavy atom. The number of carbonyl (C=O) groups excluding carboxylic acids is 1. The first-order valence-corrected chi connectivity index (χ1v) is 8.62. The summed E-state index contributed by atoms with van der Waals surface area (Å²) in [6.07, 6.45) is 1.10. The number of allylic oxidation sites excluding steroid dienone is 1. The van der Waals surface area contributed by atoms with Crippen molar-refractivity contribution in [3.8, 4) is 0 Å². The number of ether oxygens (including phenoxy) is 1. The van der Waals surface area contributed by atoms with Crippen LogP contribution >= 0.6 is 11.8 Å². The third kappa shape index (κ3) is 2.77. The van der Waals surface area contributed by atoms with Crippen LogP contribution in [0.4, 0.5) is 0 Å². The highest BCUT2D eigenvalue weighted by molar-refractivity contribution is 8.13. The van der Waals surface area contributed by atoms with Crippen LogP contribution in [0.1, 0.15) is 31.9 Å². The Bertz CT molecular complexity index is 625. The van der Waals surface area contributed by atoms with Gasteiger partial charge in [0.2, 0.25) is 0 Å². The number of thioether (sulfide) groups is 1. The first-order valence-electron chi connectivity index (χ1n) is 7.63. The lowest BCUT2D eigenvalue weighted by atomic mass is 9.94. The van der Waals surface area contributed by atoms with E-state index in [1.165, 1.54) is 0 Å². The van der Waals surface area contributed by atoms with Crippen molar-refractivity contribution in [2.24, 2.45) is 4.99 Å². The van der Waals surface area contributed by atoms with Crippen molar-refractivity contribution in [3.63, 3.8) is 0 Å². The summed E-state index contributed by atoms with van der Waals surface area (Å²) < 4.78 is 5.28. The van der Waals surface area contributed by atoms with Gasteiger partial charge in [0.15, 0.2) is 5.17 Å². The molecular weight excluding hydrogens is 296 g/mol. The van der Waals surface area contributed by atoms with Crippen LogP contribution in [-0.4, -0.2) is 34.9 Å². The highest BCUT2D eigenvalue weighted by atomic mass is 32.2. The molecule has 1 atom stereocenters. The van der Waals surface area contributed by atoms with Gasteiger partial charge >= 0.3 is 5.97 Å². The second kappa shape index (κ2) is 6.57. The van der Waals surface area contributed by atoms with Gasteiger partial charge in [0, 0.05) is 12.3 Å². The molecule has 1 aromatic carbocycles. The molecule has 0 bridgehead atoms. The van der Waals surface area contributed by atoms with Gasteiger partial charge in [-0.2, -0.15) is 0 Å². The van der Waals surface area contributed by atoms with Crippen LogP contribution in [0.3, 0.4) is 0 Å². The Kier molecular flexibility index (Phi) is 4.52. The zero-order chi connectivity index (χ0) is 15.5. The van der Waals surface area contributed by atoms with Crippen molar-refractivity contribution in [2.75, 3.05) is 18.9 Å². The number of benzene rings is 1. The molecule has 2 heterocycles. The van der Waals surface area contributed by atoms with Crippen molar-refractivity contribution in [1.82, 2.24) is 4.90 Å². The molecule has 4 nitrogen and oxygen atoms in total. The van der Waals surface area contributed by atoms with E-state index in [0.717, 1.165) is 35.1 Å². The van der Waals surface area contributed by atoms with Gasteiger partial charge in [0.25, 0.3) is 0 Å². The highest BCUT2D eigenvalue weighted by Gasteiger charge is 2.37. The molecule has 2 aliphatic heterocycles. The minimum atomic E-state index is -0.257. The van der Waals surface area contributed by atoms with E-state index in [2.05, 4.69) is 22.0 Å². The molecule has 2 aliphatic rings. The van der Waals surface area contributed by atoms with E-state index in [9.17, 15) is 4.79 Å². The van der Waals surface area contributed by atoms with E-state index < -0.39 is 0 Å². The zero-order valence-corrected chi connectivity index (χ0v) is 13.7. The van der Waals surface area contributed by atoms with Crippen molar-refractivity contribution in [1.29, 1.82) is 0 Å². The van der Waals surface area contributed by atoms with E-state index in [4.69, 9.17) is 4.74 Å². The Morgan fingerprint density at radius 2 is 2.18 bits per heavy atom. The molecule has 1 saturated heterocycles. The molecule has 116 valence electrons. The van der Waals surface area contributed by atoms with Crippen molar-refractivity contribution < 1.29 is 9.53 Å². The molecule has 1 aromatic rings. The SMILES string of the molecule is CCOC(=O)C1=C(C)N=C2SCCCN2C1c1ccccc1. The normalized spacial score (nSPS) is 21.3. The molecule has 22 heavy (non-hydrogen) atoms. The van der Waals surface area contributed by atoms with Gasteiger partial charge in [-0.05, 0) is 25.8 Å². The summed E-state index contributed by atoms with van der Waals surface area (Å²) in [7, 11) is 0. The summed E-state index contributed by atoms with van der Waals surface area (Å²) in [6, 6.07) is 10.1.